The number of para-hydroxylation sites is 1. The van der Waals surface area contributed by atoms with E-state index in [0.717, 1.165) is 0 Å². The minimum Gasteiger partial charge on any atom is -0.484 e. The van der Waals surface area contributed by atoms with Crippen LogP contribution in [0.3, 0.4) is 0 Å². The second kappa shape index (κ2) is 7.16. The van der Waals surface area contributed by atoms with Crippen molar-refractivity contribution in [3.63, 3.8) is 0 Å². The summed E-state index contributed by atoms with van der Waals surface area (Å²) in [6, 6.07) is 9.13. The predicted molar refractivity (Wildman–Crippen MR) is 86.3 cm³/mol. The first kappa shape index (κ1) is 16.7. The molecule has 8 heteroatoms. The predicted octanol–water partition coefficient (Wildman–Crippen LogP) is 2.95. The number of amides is 1. The van der Waals surface area contributed by atoms with E-state index in [2.05, 4.69) is 15.4 Å². The van der Waals surface area contributed by atoms with E-state index in [1.54, 1.807) is 31.3 Å². The van der Waals surface area contributed by atoms with Crippen molar-refractivity contribution in [2.45, 2.75) is 19.6 Å². The lowest BCUT2D eigenvalue weighted by Crippen LogP contribution is -2.30. The highest BCUT2D eigenvalue weighted by Crippen LogP contribution is 2.20. The van der Waals surface area contributed by atoms with Gasteiger partial charge in [0.1, 0.15) is 18.6 Å². The first-order chi connectivity index (χ1) is 12.1. The Hall–Kier alpha value is -3.16. The van der Waals surface area contributed by atoms with Gasteiger partial charge in [0.2, 0.25) is 0 Å². The monoisotopic (exact) mass is 344 g/mol. The molecule has 1 unspecified atom stereocenters. The van der Waals surface area contributed by atoms with Crippen molar-refractivity contribution in [1.29, 1.82) is 0 Å². The molecule has 1 atom stereocenters. The normalized spacial score (nSPS) is 12.0. The number of benzene rings is 1. The molecule has 0 aliphatic carbocycles. The van der Waals surface area contributed by atoms with Crippen LogP contribution in [-0.2, 0) is 6.61 Å². The molecule has 2 heterocycles. The summed E-state index contributed by atoms with van der Waals surface area (Å²) < 4.78 is 23.7. The second-order valence-corrected chi connectivity index (χ2v) is 5.51. The zero-order valence-corrected chi connectivity index (χ0v) is 13.8. The Labute approximate surface area is 143 Å². The molecule has 1 amide bonds. The number of rotatable bonds is 6. The van der Waals surface area contributed by atoms with Crippen molar-refractivity contribution in [3.05, 3.63) is 65.6 Å². The van der Waals surface area contributed by atoms with E-state index in [1.165, 1.54) is 23.3 Å². The van der Waals surface area contributed by atoms with Crippen LogP contribution in [0.25, 0.3) is 0 Å². The fourth-order valence-electron chi connectivity index (χ4n) is 2.25. The molecule has 0 radical (unpaired) electrons. The van der Waals surface area contributed by atoms with E-state index in [1.807, 2.05) is 6.92 Å². The molecule has 130 valence electrons. The maximum atomic E-state index is 13.5. The van der Waals surface area contributed by atoms with Crippen LogP contribution in [0.1, 0.15) is 34.8 Å². The zero-order chi connectivity index (χ0) is 17.8. The van der Waals surface area contributed by atoms with Crippen LogP contribution < -0.4 is 4.74 Å². The zero-order valence-electron chi connectivity index (χ0n) is 13.8. The fraction of sp³-hybridized carbons (Fsp3) is 0.235. The quantitative estimate of drug-likeness (QED) is 0.743. The number of halogens is 1. The minimum atomic E-state index is -0.445. The van der Waals surface area contributed by atoms with Gasteiger partial charge in [-0.3, -0.25) is 9.89 Å². The van der Waals surface area contributed by atoms with E-state index in [0.29, 0.717) is 11.4 Å². The Morgan fingerprint density at radius 3 is 2.92 bits per heavy atom. The Bertz CT molecular complexity index is 847. The first-order valence-corrected chi connectivity index (χ1v) is 7.65. The summed E-state index contributed by atoms with van der Waals surface area (Å²) in [5.74, 6) is -0.579. The van der Waals surface area contributed by atoms with Gasteiger partial charge < -0.3 is 14.2 Å². The van der Waals surface area contributed by atoms with E-state index in [4.69, 9.17) is 9.26 Å². The van der Waals surface area contributed by atoms with Gasteiger partial charge in [0.15, 0.2) is 17.3 Å². The van der Waals surface area contributed by atoms with E-state index in [-0.39, 0.29) is 30.0 Å². The van der Waals surface area contributed by atoms with Crippen LogP contribution in [0.2, 0.25) is 0 Å². The number of carbonyl (C=O) groups is 1. The molecular weight excluding hydrogens is 327 g/mol. The van der Waals surface area contributed by atoms with Gasteiger partial charge in [-0.25, -0.2) is 4.39 Å². The lowest BCUT2D eigenvalue weighted by atomic mass is 10.2. The maximum absolute atomic E-state index is 13.5. The molecule has 1 N–H and O–H groups in total. The molecule has 3 aromatic rings. The Balaban J connectivity index is 1.64. The van der Waals surface area contributed by atoms with Crippen LogP contribution in [0, 0.1) is 5.82 Å². The smallest absolute Gasteiger partial charge is 0.274 e. The van der Waals surface area contributed by atoms with Gasteiger partial charge >= 0.3 is 0 Å². The van der Waals surface area contributed by atoms with Gasteiger partial charge in [0.25, 0.3) is 5.91 Å². The lowest BCUT2D eigenvalue weighted by molar-refractivity contribution is 0.0731. The Morgan fingerprint density at radius 1 is 1.40 bits per heavy atom. The summed E-state index contributed by atoms with van der Waals surface area (Å²) in [5.41, 5.74) is 1.45. The Morgan fingerprint density at radius 2 is 2.20 bits per heavy atom. The van der Waals surface area contributed by atoms with Crippen molar-refractivity contribution in [1.82, 2.24) is 20.3 Å². The summed E-state index contributed by atoms with van der Waals surface area (Å²) >= 11 is 0. The highest BCUT2D eigenvalue weighted by atomic mass is 19.1. The highest BCUT2D eigenvalue weighted by molar-refractivity contribution is 5.92. The number of carbonyl (C=O) groups excluding carboxylic acids is 1. The molecule has 0 aliphatic heterocycles. The molecule has 0 spiro atoms. The average molecular weight is 344 g/mol. The number of aromatic amines is 1. The lowest BCUT2D eigenvalue weighted by Gasteiger charge is -2.21. The molecule has 2 aromatic heterocycles. The van der Waals surface area contributed by atoms with E-state index < -0.39 is 5.82 Å². The van der Waals surface area contributed by atoms with Gasteiger partial charge in [0, 0.05) is 13.1 Å². The number of hydrogen-bond donors (Lipinski definition) is 1. The second-order valence-electron chi connectivity index (χ2n) is 5.51. The number of nitrogens with zero attached hydrogens (tertiary/aromatic N) is 3. The number of aromatic nitrogens is 3. The number of ether oxygens (including phenoxy) is 1. The van der Waals surface area contributed by atoms with Crippen molar-refractivity contribution in [2.24, 2.45) is 0 Å². The fourth-order valence-corrected chi connectivity index (χ4v) is 2.25. The van der Waals surface area contributed by atoms with Crippen LogP contribution in [0.4, 0.5) is 4.39 Å². The van der Waals surface area contributed by atoms with Gasteiger partial charge in [-0.15, -0.1) is 0 Å². The molecule has 0 bridgehead atoms. The topological polar surface area (TPSA) is 84.3 Å². The summed E-state index contributed by atoms with van der Waals surface area (Å²) in [6.45, 7) is 1.91. The third-order valence-electron chi connectivity index (χ3n) is 3.86. The first-order valence-electron chi connectivity index (χ1n) is 7.65. The van der Waals surface area contributed by atoms with Crippen LogP contribution in [0.5, 0.6) is 5.75 Å². The van der Waals surface area contributed by atoms with Crippen LogP contribution >= 0.6 is 0 Å². The van der Waals surface area contributed by atoms with Gasteiger partial charge in [-0.05, 0) is 25.1 Å². The van der Waals surface area contributed by atoms with E-state index in [9.17, 15) is 9.18 Å². The molecule has 25 heavy (non-hydrogen) atoms. The largest absolute Gasteiger partial charge is 0.484 e. The molecule has 0 aliphatic rings. The maximum Gasteiger partial charge on any atom is 0.274 e. The third kappa shape index (κ3) is 3.68. The van der Waals surface area contributed by atoms with Crippen molar-refractivity contribution < 1.29 is 18.4 Å². The van der Waals surface area contributed by atoms with Gasteiger partial charge in [-0.2, -0.15) is 5.10 Å². The molecule has 7 nitrogen and oxygen atoms in total. The van der Waals surface area contributed by atoms with Crippen molar-refractivity contribution in [2.75, 3.05) is 7.05 Å². The molecular formula is C17H17FN4O3. The molecule has 0 saturated heterocycles. The standard InChI is InChI=1S/C17H17FN4O3/c1-11(14-7-8-25-21-14)22(2)17(23)15-9-12(19-20-15)10-24-16-6-4-3-5-13(16)18/h3-9,11H,10H2,1-2H3,(H,19,20). The number of hydrogen-bond acceptors (Lipinski definition) is 5. The summed E-state index contributed by atoms with van der Waals surface area (Å²) in [6.07, 6.45) is 1.46. The number of H-pyrrole nitrogens is 1. The van der Waals surface area contributed by atoms with Gasteiger partial charge in [0.05, 0.1) is 11.7 Å². The number of nitrogens with one attached hydrogen (secondary N) is 1. The van der Waals surface area contributed by atoms with E-state index >= 15 is 0 Å². The molecule has 1 aromatic carbocycles. The summed E-state index contributed by atoms with van der Waals surface area (Å²) in [4.78, 5) is 14.0. The molecule has 0 fully saturated rings. The van der Waals surface area contributed by atoms with Crippen LogP contribution in [-0.4, -0.2) is 33.2 Å². The SMILES string of the molecule is CC(c1ccon1)N(C)C(=O)c1cc(COc2ccccc2F)[nH]n1. The third-order valence-corrected chi connectivity index (χ3v) is 3.86. The minimum absolute atomic E-state index is 0.0732. The molecule has 3 rings (SSSR count). The Kier molecular flexibility index (Phi) is 4.78. The van der Waals surface area contributed by atoms with Gasteiger partial charge in [-0.1, -0.05) is 17.3 Å². The summed E-state index contributed by atoms with van der Waals surface area (Å²) in [5, 5.41) is 10.6. The van der Waals surface area contributed by atoms with Crippen molar-refractivity contribution in [3.8, 4) is 5.75 Å². The molecule has 0 saturated carbocycles. The highest BCUT2D eigenvalue weighted by Gasteiger charge is 2.23. The van der Waals surface area contributed by atoms with Crippen molar-refractivity contribution >= 4 is 5.91 Å². The average Bonchev–Trinajstić information content (AvgIpc) is 3.31. The summed E-state index contributed by atoms with van der Waals surface area (Å²) in [7, 11) is 1.66. The van der Waals surface area contributed by atoms with Crippen LogP contribution in [0.15, 0.2) is 47.2 Å².